The van der Waals surface area contributed by atoms with Crippen molar-refractivity contribution in [2.45, 2.75) is 37.4 Å². The van der Waals surface area contributed by atoms with Gasteiger partial charge in [-0.15, -0.1) is 0 Å². The van der Waals surface area contributed by atoms with Crippen molar-refractivity contribution in [2.24, 2.45) is 11.8 Å². The molecule has 1 amide bonds. The number of rotatable bonds is 6. The first-order valence-electron chi connectivity index (χ1n) is 9.16. The van der Waals surface area contributed by atoms with E-state index in [0.29, 0.717) is 32.5 Å². The smallest absolute Gasteiger partial charge is 0.223 e. The lowest BCUT2D eigenvalue weighted by Crippen LogP contribution is -2.41. The Balaban J connectivity index is 1.39. The molecule has 0 unspecified atom stereocenters. The Kier molecular flexibility index (Phi) is 4.53. The summed E-state index contributed by atoms with van der Waals surface area (Å²) in [5, 5.41) is 0. The standard InChI is InChI=1S/C18H25N3O4S/c1-26(23,24)20-10-14-15-11-21(12-18(15)8-7-16(14)25-18)17(22)6-5-13-4-2-3-9-19-13/h2-4,9,14-16,20H,5-8,10-12H2,1H3/t14-,15+,16+,18+/m0/s1. The molecule has 3 saturated heterocycles. The molecule has 1 aromatic rings. The van der Waals surface area contributed by atoms with E-state index in [1.807, 2.05) is 23.1 Å². The molecule has 1 aromatic heterocycles. The van der Waals surface area contributed by atoms with Crippen LogP contribution in [0.3, 0.4) is 0 Å². The molecule has 7 nitrogen and oxygen atoms in total. The highest BCUT2D eigenvalue weighted by Gasteiger charge is 2.63. The molecule has 26 heavy (non-hydrogen) atoms. The zero-order chi connectivity index (χ0) is 18.4. The molecular weight excluding hydrogens is 354 g/mol. The zero-order valence-corrected chi connectivity index (χ0v) is 15.7. The van der Waals surface area contributed by atoms with Crippen LogP contribution in [0.4, 0.5) is 0 Å². The Hall–Kier alpha value is -1.51. The van der Waals surface area contributed by atoms with E-state index in [-0.39, 0.29) is 29.4 Å². The number of aromatic nitrogens is 1. The minimum Gasteiger partial charge on any atom is -0.369 e. The van der Waals surface area contributed by atoms with E-state index in [0.717, 1.165) is 18.5 Å². The van der Waals surface area contributed by atoms with Crippen molar-refractivity contribution in [1.82, 2.24) is 14.6 Å². The van der Waals surface area contributed by atoms with Crippen LogP contribution in [0.15, 0.2) is 24.4 Å². The summed E-state index contributed by atoms with van der Waals surface area (Å²) >= 11 is 0. The average Bonchev–Trinajstić information content (AvgIpc) is 3.26. The number of hydrogen-bond donors (Lipinski definition) is 1. The van der Waals surface area contributed by atoms with Crippen LogP contribution in [-0.4, -0.2) is 61.8 Å². The number of nitrogens with zero attached hydrogens (tertiary/aromatic N) is 2. The number of fused-ring (bicyclic) bond motifs is 1. The van der Waals surface area contributed by atoms with Crippen LogP contribution in [0.2, 0.25) is 0 Å². The van der Waals surface area contributed by atoms with E-state index in [9.17, 15) is 13.2 Å². The number of aryl methyl sites for hydroxylation is 1. The maximum Gasteiger partial charge on any atom is 0.223 e. The third kappa shape index (κ3) is 3.37. The molecule has 4 heterocycles. The topological polar surface area (TPSA) is 88.6 Å². The van der Waals surface area contributed by atoms with Gasteiger partial charge in [0.2, 0.25) is 15.9 Å². The third-order valence-corrected chi connectivity index (χ3v) is 6.73. The summed E-state index contributed by atoms with van der Waals surface area (Å²) in [4.78, 5) is 18.9. The quantitative estimate of drug-likeness (QED) is 0.781. The van der Waals surface area contributed by atoms with Gasteiger partial charge in [-0.25, -0.2) is 13.1 Å². The molecule has 8 heteroatoms. The maximum absolute atomic E-state index is 12.7. The van der Waals surface area contributed by atoms with Crippen molar-refractivity contribution in [1.29, 1.82) is 0 Å². The summed E-state index contributed by atoms with van der Waals surface area (Å²) in [5.41, 5.74) is 0.653. The molecule has 4 atom stereocenters. The van der Waals surface area contributed by atoms with Gasteiger partial charge in [0, 0.05) is 43.2 Å². The van der Waals surface area contributed by atoms with Crippen molar-refractivity contribution < 1.29 is 17.9 Å². The number of hydrogen-bond acceptors (Lipinski definition) is 5. The Bertz CT molecular complexity index is 785. The molecule has 2 bridgehead atoms. The normalized spacial score (nSPS) is 32.8. The van der Waals surface area contributed by atoms with E-state index in [1.54, 1.807) is 6.20 Å². The van der Waals surface area contributed by atoms with E-state index in [4.69, 9.17) is 4.74 Å². The lowest BCUT2D eigenvalue weighted by atomic mass is 9.74. The number of amides is 1. The van der Waals surface area contributed by atoms with Crippen molar-refractivity contribution >= 4 is 15.9 Å². The predicted octanol–water partition coefficient (Wildman–Crippen LogP) is 0.569. The SMILES string of the molecule is CS(=O)(=O)NC[C@H]1[C@H]2CN(C(=O)CCc3ccccn3)C[C@]23CC[C@H]1O3. The van der Waals surface area contributed by atoms with Crippen molar-refractivity contribution in [2.75, 3.05) is 25.9 Å². The Labute approximate surface area is 154 Å². The second-order valence-electron chi connectivity index (χ2n) is 7.75. The Morgan fingerprint density at radius 3 is 3.04 bits per heavy atom. The third-order valence-electron chi connectivity index (χ3n) is 6.04. The van der Waals surface area contributed by atoms with Gasteiger partial charge in [-0.3, -0.25) is 9.78 Å². The summed E-state index contributed by atoms with van der Waals surface area (Å²) in [7, 11) is -3.22. The maximum atomic E-state index is 12.7. The minimum atomic E-state index is -3.22. The van der Waals surface area contributed by atoms with Crippen LogP contribution < -0.4 is 4.72 Å². The predicted molar refractivity (Wildman–Crippen MR) is 95.8 cm³/mol. The van der Waals surface area contributed by atoms with Gasteiger partial charge in [-0.1, -0.05) is 6.07 Å². The van der Waals surface area contributed by atoms with Crippen LogP contribution in [0.5, 0.6) is 0 Å². The number of pyridine rings is 1. The zero-order valence-electron chi connectivity index (χ0n) is 14.9. The molecule has 3 aliphatic rings. The van der Waals surface area contributed by atoms with Gasteiger partial charge < -0.3 is 9.64 Å². The second kappa shape index (κ2) is 6.58. The molecular formula is C18H25N3O4S. The van der Waals surface area contributed by atoms with Gasteiger partial charge in [0.05, 0.1) is 24.5 Å². The lowest BCUT2D eigenvalue weighted by Gasteiger charge is -2.29. The summed E-state index contributed by atoms with van der Waals surface area (Å²) < 4.78 is 31.8. The van der Waals surface area contributed by atoms with Gasteiger partial charge in [0.15, 0.2) is 0 Å². The molecule has 1 spiro atoms. The van der Waals surface area contributed by atoms with Crippen molar-refractivity contribution in [3.05, 3.63) is 30.1 Å². The van der Waals surface area contributed by atoms with E-state index in [2.05, 4.69) is 9.71 Å². The first kappa shape index (κ1) is 17.9. The van der Waals surface area contributed by atoms with Gasteiger partial charge >= 0.3 is 0 Å². The van der Waals surface area contributed by atoms with Gasteiger partial charge in [0.25, 0.3) is 0 Å². The highest BCUT2D eigenvalue weighted by atomic mass is 32.2. The molecule has 3 aliphatic heterocycles. The largest absolute Gasteiger partial charge is 0.369 e. The van der Waals surface area contributed by atoms with Crippen molar-refractivity contribution in [3.8, 4) is 0 Å². The Morgan fingerprint density at radius 1 is 1.46 bits per heavy atom. The van der Waals surface area contributed by atoms with Crippen molar-refractivity contribution in [3.63, 3.8) is 0 Å². The number of likely N-dealkylation sites (tertiary alicyclic amines) is 1. The van der Waals surface area contributed by atoms with Gasteiger partial charge in [0.1, 0.15) is 0 Å². The monoisotopic (exact) mass is 379 g/mol. The summed E-state index contributed by atoms with van der Waals surface area (Å²) in [6.07, 6.45) is 6.01. The molecule has 0 saturated carbocycles. The van der Waals surface area contributed by atoms with E-state index < -0.39 is 10.0 Å². The second-order valence-corrected chi connectivity index (χ2v) is 9.58. The van der Waals surface area contributed by atoms with Crippen LogP contribution in [-0.2, 0) is 26.0 Å². The van der Waals surface area contributed by atoms with Crippen LogP contribution in [0, 0.1) is 11.8 Å². The molecule has 1 N–H and O–H groups in total. The highest BCUT2D eigenvalue weighted by Crippen LogP contribution is 2.54. The Morgan fingerprint density at radius 2 is 2.31 bits per heavy atom. The van der Waals surface area contributed by atoms with Crippen LogP contribution >= 0.6 is 0 Å². The summed E-state index contributed by atoms with van der Waals surface area (Å²) in [6.45, 7) is 1.68. The van der Waals surface area contributed by atoms with Gasteiger partial charge in [-0.05, 0) is 31.4 Å². The van der Waals surface area contributed by atoms with E-state index in [1.165, 1.54) is 6.26 Å². The van der Waals surface area contributed by atoms with Crippen LogP contribution in [0.25, 0.3) is 0 Å². The highest BCUT2D eigenvalue weighted by molar-refractivity contribution is 7.88. The fourth-order valence-electron chi connectivity index (χ4n) is 4.84. The van der Waals surface area contributed by atoms with Crippen LogP contribution in [0.1, 0.15) is 25.0 Å². The number of sulfonamides is 1. The number of carbonyl (C=O) groups excluding carboxylic acids is 1. The molecule has 0 radical (unpaired) electrons. The molecule has 142 valence electrons. The molecule has 0 aromatic carbocycles. The first-order chi connectivity index (χ1) is 12.4. The molecule has 3 fully saturated rings. The summed E-state index contributed by atoms with van der Waals surface area (Å²) in [6, 6.07) is 5.73. The number of nitrogens with one attached hydrogen (secondary N) is 1. The molecule has 0 aliphatic carbocycles. The summed E-state index contributed by atoms with van der Waals surface area (Å²) in [5.74, 6) is 0.489. The number of ether oxygens (including phenoxy) is 1. The van der Waals surface area contributed by atoms with E-state index >= 15 is 0 Å². The fourth-order valence-corrected chi connectivity index (χ4v) is 5.34. The molecule has 4 rings (SSSR count). The average molecular weight is 379 g/mol. The first-order valence-corrected chi connectivity index (χ1v) is 11.1. The fraction of sp³-hybridized carbons (Fsp3) is 0.667. The van der Waals surface area contributed by atoms with Gasteiger partial charge in [-0.2, -0.15) is 0 Å². The lowest BCUT2D eigenvalue weighted by molar-refractivity contribution is -0.131. The minimum absolute atomic E-state index is 0.111. The number of carbonyl (C=O) groups is 1.